The molecule has 2 rings (SSSR count). The highest BCUT2D eigenvalue weighted by molar-refractivity contribution is 5.53. The average Bonchev–Trinajstić information content (AvgIpc) is 2.38. The molecule has 110 valence electrons. The highest BCUT2D eigenvalue weighted by atomic mass is 16.6. The zero-order valence-electron chi connectivity index (χ0n) is 12.2. The van der Waals surface area contributed by atoms with Gasteiger partial charge in [-0.2, -0.15) is 4.98 Å². The highest BCUT2D eigenvalue weighted by Crippen LogP contribution is 2.28. The summed E-state index contributed by atoms with van der Waals surface area (Å²) in [6, 6.07) is 10.3. The van der Waals surface area contributed by atoms with Crippen LogP contribution in [0.3, 0.4) is 0 Å². The quantitative estimate of drug-likeness (QED) is 0.687. The van der Waals surface area contributed by atoms with E-state index in [0.717, 1.165) is 0 Å². The maximum Gasteiger partial charge on any atom is 0.311 e. The number of pyridine rings is 1. The Labute approximate surface area is 122 Å². The van der Waals surface area contributed by atoms with Crippen LogP contribution in [-0.4, -0.2) is 9.91 Å². The van der Waals surface area contributed by atoms with E-state index in [1.807, 2.05) is 24.3 Å². The zero-order chi connectivity index (χ0) is 15.6. The van der Waals surface area contributed by atoms with Gasteiger partial charge in [0.25, 0.3) is 0 Å². The van der Waals surface area contributed by atoms with Gasteiger partial charge in [0, 0.05) is 12.1 Å². The molecule has 0 aliphatic carbocycles. The summed E-state index contributed by atoms with van der Waals surface area (Å²) in [5.41, 5.74) is 6.54. The molecule has 6 nitrogen and oxygen atoms in total. The number of hydrogen-bond donors (Lipinski definition) is 1. The van der Waals surface area contributed by atoms with Gasteiger partial charge in [0.15, 0.2) is 0 Å². The van der Waals surface area contributed by atoms with Crippen molar-refractivity contribution in [2.45, 2.75) is 26.2 Å². The Morgan fingerprint density at radius 2 is 1.76 bits per heavy atom. The van der Waals surface area contributed by atoms with Gasteiger partial charge in [-0.3, -0.25) is 10.1 Å². The first kappa shape index (κ1) is 14.8. The van der Waals surface area contributed by atoms with Crippen molar-refractivity contribution in [1.82, 2.24) is 4.98 Å². The molecule has 0 aliphatic rings. The van der Waals surface area contributed by atoms with Crippen LogP contribution in [0, 0.1) is 10.1 Å². The fourth-order valence-electron chi connectivity index (χ4n) is 1.80. The van der Waals surface area contributed by atoms with E-state index in [0.29, 0.717) is 5.75 Å². The monoisotopic (exact) mass is 287 g/mol. The molecular formula is C15H17N3O3. The number of aromatic nitrogens is 1. The molecule has 1 heterocycles. The summed E-state index contributed by atoms with van der Waals surface area (Å²) in [5, 5.41) is 10.7. The molecule has 0 saturated carbocycles. The number of ether oxygens (including phenoxy) is 1. The molecule has 2 aromatic rings. The Hall–Kier alpha value is -2.63. The Balaban J connectivity index is 2.19. The van der Waals surface area contributed by atoms with Crippen molar-refractivity contribution in [1.29, 1.82) is 0 Å². The number of nitrogen functional groups attached to an aromatic ring is 1. The van der Waals surface area contributed by atoms with Gasteiger partial charge in [0.05, 0.1) is 4.92 Å². The van der Waals surface area contributed by atoms with Crippen molar-refractivity contribution in [3.8, 4) is 11.6 Å². The summed E-state index contributed by atoms with van der Waals surface area (Å²) in [5.74, 6) is 0.661. The molecule has 0 atom stereocenters. The van der Waals surface area contributed by atoms with Crippen LogP contribution in [0.2, 0.25) is 0 Å². The fourth-order valence-corrected chi connectivity index (χ4v) is 1.80. The molecule has 1 aromatic heterocycles. The molecule has 6 heteroatoms. The van der Waals surface area contributed by atoms with Gasteiger partial charge >= 0.3 is 5.69 Å². The molecule has 0 aliphatic heterocycles. The van der Waals surface area contributed by atoms with Crippen molar-refractivity contribution in [3.63, 3.8) is 0 Å². The van der Waals surface area contributed by atoms with Crippen LogP contribution < -0.4 is 10.5 Å². The Kier molecular flexibility index (Phi) is 3.80. The third kappa shape index (κ3) is 3.47. The minimum Gasteiger partial charge on any atom is -0.439 e. The van der Waals surface area contributed by atoms with Crippen molar-refractivity contribution >= 4 is 11.5 Å². The second kappa shape index (κ2) is 5.40. The minimum atomic E-state index is -0.579. The maximum atomic E-state index is 10.7. The molecule has 0 bridgehead atoms. The molecule has 0 amide bonds. The first-order chi connectivity index (χ1) is 9.77. The number of nitrogens with two attached hydrogens (primary N) is 1. The van der Waals surface area contributed by atoms with Gasteiger partial charge < -0.3 is 10.5 Å². The normalized spacial score (nSPS) is 11.2. The number of hydrogen-bond acceptors (Lipinski definition) is 5. The predicted molar refractivity (Wildman–Crippen MR) is 80.5 cm³/mol. The summed E-state index contributed by atoms with van der Waals surface area (Å²) in [7, 11) is 0. The van der Waals surface area contributed by atoms with E-state index < -0.39 is 4.92 Å². The van der Waals surface area contributed by atoms with E-state index in [1.165, 1.54) is 17.7 Å². The minimum absolute atomic E-state index is 0.0641. The van der Waals surface area contributed by atoms with E-state index >= 15 is 0 Å². The number of anilines is 1. The van der Waals surface area contributed by atoms with Crippen LogP contribution in [0.1, 0.15) is 26.3 Å². The molecule has 1 aromatic carbocycles. The molecule has 21 heavy (non-hydrogen) atoms. The van der Waals surface area contributed by atoms with Crippen molar-refractivity contribution < 1.29 is 9.66 Å². The van der Waals surface area contributed by atoms with E-state index in [-0.39, 0.29) is 22.8 Å². The van der Waals surface area contributed by atoms with E-state index in [4.69, 9.17) is 10.5 Å². The van der Waals surface area contributed by atoms with E-state index in [1.54, 1.807) is 0 Å². The summed E-state index contributed by atoms with van der Waals surface area (Å²) >= 11 is 0. The first-order valence-corrected chi connectivity index (χ1v) is 6.46. The largest absolute Gasteiger partial charge is 0.439 e. The van der Waals surface area contributed by atoms with E-state index in [2.05, 4.69) is 25.8 Å². The third-order valence-corrected chi connectivity index (χ3v) is 3.02. The zero-order valence-corrected chi connectivity index (χ0v) is 12.2. The van der Waals surface area contributed by atoms with Crippen molar-refractivity contribution in [2.75, 3.05) is 5.73 Å². The number of rotatable bonds is 3. The molecule has 0 spiro atoms. The Bertz CT molecular complexity index is 661. The standard InChI is InChI=1S/C15H17N3O3/c1-15(2,3)10-4-6-11(7-5-10)21-13-9-8-12(18(19)20)14(16)17-13/h4-9H,1-3H3,(H2,16,17). The molecule has 2 N–H and O–H groups in total. The smallest absolute Gasteiger partial charge is 0.311 e. The lowest BCUT2D eigenvalue weighted by atomic mass is 9.87. The second-order valence-corrected chi connectivity index (χ2v) is 5.69. The van der Waals surface area contributed by atoms with Gasteiger partial charge in [-0.05, 0) is 23.1 Å². The van der Waals surface area contributed by atoms with Crippen LogP contribution in [0.4, 0.5) is 11.5 Å². The summed E-state index contributed by atoms with van der Waals surface area (Å²) in [6.07, 6.45) is 0. The molecule has 0 fully saturated rings. The predicted octanol–water partition coefficient (Wildman–Crippen LogP) is 3.66. The van der Waals surface area contributed by atoms with Gasteiger partial charge in [0.1, 0.15) is 5.75 Å². The average molecular weight is 287 g/mol. The van der Waals surface area contributed by atoms with Gasteiger partial charge in [-0.25, -0.2) is 0 Å². The first-order valence-electron chi connectivity index (χ1n) is 6.46. The van der Waals surface area contributed by atoms with Gasteiger partial charge in [0.2, 0.25) is 11.7 Å². The van der Waals surface area contributed by atoms with Crippen LogP contribution in [0.15, 0.2) is 36.4 Å². The molecule has 0 unspecified atom stereocenters. The molecule has 0 radical (unpaired) electrons. The lowest BCUT2D eigenvalue weighted by Gasteiger charge is -2.19. The highest BCUT2D eigenvalue weighted by Gasteiger charge is 2.15. The van der Waals surface area contributed by atoms with Crippen LogP contribution in [-0.2, 0) is 5.41 Å². The van der Waals surface area contributed by atoms with Crippen molar-refractivity contribution in [3.05, 3.63) is 52.1 Å². The van der Waals surface area contributed by atoms with Gasteiger partial charge in [-0.1, -0.05) is 32.9 Å². The lowest BCUT2D eigenvalue weighted by Crippen LogP contribution is -2.10. The fraction of sp³-hybridized carbons (Fsp3) is 0.267. The van der Waals surface area contributed by atoms with Gasteiger partial charge in [-0.15, -0.1) is 0 Å². The molecule has 0 saturated heterocycles. The maximum absolute atomic E-state index is 10.7. The lowest BCUT2D eigenvalue weighted by molar-refractivity contribution is -0.384. The van der Waals surface area contributed by atoms with Crippen LogP contribution >= 0.6 is 0 Å². The number of nitrogens with zero attached hydrogens (tertiary/aromatic N) is 2. The van der Waals surface area contributed by atoms with Crippen molar-refractivity contribution in [2.24, 2.45) is 0 Å². The molecular weight excluding hydrogens is 270 g/mol. The number of benzene rings is 1. The van der Waals surface area contributed by atoms with Crippen LogP contribution in [0.5, 0.6) is 11.6 Å². The summed E-state index contributed by atoms with van der Waals surface area (Å²) < 4.78 is 5.55. The number of nitro groups is 1. The summed E-state index contributed by atoms with van der Waals surface area (Å²) in [4.78, 5) is 14.0. The van der Waals surface area contributed by atoms with Crippen LogP contribution in [0.25, 0.3) is 0 Å². The summed E-state index contributed by atoms with van der Waals surface area (Å²) in [6.45, 7) is 6.38. The second-order valence-electron chi connectivity index (χ2n) is 5.69. The topological polar surface area (TPSA) is 91.3 Å². The Morgan fingerprint density at radius 3 is 2.24 bits per heavy atom. The Morgan fingerprint density at radius 1 is 1.14 bits per heavy atom. The SMILES string of the molecule is CC(C)(C)c1ccc(Oc2ccc([N+](=O)[O-])c(N)n2)cc1. The third-order valence-electron chi connectivity index (χ3n) is 3.02. The van der Waals surface area contributed by atoms with E-state index in [9.17, 15) is 10.1 Å².